The van der Waals surface area contributed by atoms with Gasteiger partial charge in [-0.2, -0.15) is 0 Å². The SMILES string of the molecule is Bc1ccc(Cl)cc1COc1cccc2c1CCCC2=O. The molecule has 0 N–H and O–H groups in total. The van der Waals surface area contributed by atoms with Gasteiger partial charge in [0.15, 0.2) is 5.78 Å². The molecule has 0 aliphatic heterocycles. The van der Waals surface area contributed by atoms with E-state index in [0.29, 0.717) is 18.1 Å². The maximum Gasteiger partial charge on any atom is 0.163 e. The molecule has 2 aromatic rings. The summed E-state index contributed by atoms with van der Waals surface area (Å²) in [5.41, 5.74) is 4.09. The lowest BCUT2D eigenvalue weighted by atomic mass is 9.90. The molecule has 0 saturated carbocycles. The van der Waals surface area contributed by atoms with E-state index in [1.807, 2.05) is 44.2 Å². The first-order valence-corrected chi connectivity index (χ1v) is 7.56. The summed E-state index contributed by atoms with van der Waals surface area (Å²) >= 11 is 6.03. The van der Waals surface area contributed by atoms with Crippen molar-refractivity contribution in [2.24, 2.45) is 0 Å². The third-order valence-corrected chi connectivity index (χ3v) is 4.19. The second kappa shape index (κ2) is 5.94. The van der Waals surface area contributed by atoms with Crippen molar-refractivity contribution < 1.29 is 9.53 Å². The summed E-state index contributed by atoms with van der Waals surface area (Å²) in [5, 5.41) is 0.712. The van der Waals surface area contributed by atoms with Gasteiger partial charge in [-0.05, 0) is 36.6 Å². The Bertz CT molecular complexity index is 697. The predicted molar refractivity (Wildman–Crippen MR) is 87.7 cm³/mol. The standard InChI is InChI=1S/C17H16BClO2/c18-15-8-7-12(19)9-11(15)10-21-17-6-2-3-13-14(17)4-1-5-16(13)20/h2-3,6-9H,1,4-5,10,18H2. The zero-order valence-electron chi connectivity index (χ0n) is 12.0. The lowest BCUT2D eigenvalue weighted by Crippen LogP contribution is -2.15. The highest BCUT2D eigenvalue weighted by Gasteiger charge is 2.20. The highest BCUT2D eigenvalue weighted by atomic mass is 35.5. The van der Waals surface area contributed by atoms with Crippen LogP contribution in [-0.2, 0) is 13.0 Å². The van der Waals surface area contributed by atoms with Gasteiger partial charge in [-0.15, -0.1) is 0 Å². The van der Waals surface area contributed by atoms with Gasteiger partial charge in [0.25, 0.3) is 0 Å². The minimum Gasteiger partial charge on any atom is -0.489 e. The van der Waals surface area contributed by atoms with Gasteiger partial charge in [-0.3, -0.25) is 4.79 Å². The van der Waals surface area contributed by atoms with E-state index in [1.165, 1.54) is 0 Å². The van der Waals surface area contributed by atoms with E-state index in [1.54, 1.807) is 0 Å². The Morgan fingerprint density at radius 3 is 2.90 bits per heavy atom. The second-order valence-electron chi connectivity index (χ2n) is 5.42. The van der Waals surface area contributed by atoms with E-state index < -0.39 is 0 Å². The van der Waals surface area contributed by atoms with Crippen LogP contribution in [0.15, 0.2) is 36.4 Å². The van der Waals surface area contributed by atoms with Crippen molar-refractivity contribution in [1.29, 1.82) is 0 Å². The van der Waals surface area contributed by atoms with Gasteiger partial charge < -0.3 is 4.74 Å². The average molecular weight is 299 g/mol. The van der Waals surface area contributed by atoms with Crippen molar-refractivity contribution >= 4 is 30.7 Å². The van der Waals surface area contributed by atoms with Gasteiger partial charge in [-0.1, -0.05) is 35.3 Å². The van der Waals surface area contributed by atoms with Crippen LogP contribution < -0.4 is 10.2 Å². The normalized spacial score (nSPS) is 13.9. The summed E-state index contributed by atoms with van der Waals surface area (Å²) in [7, 11) is 2.04. The number of hydrogen-bond donors (Lipinski definition) is 0. The van der Waals surface area contributed by atoms with Crippen molar-refractivity contribution in [2.45, 2.75) is 25.9 Å². The predicted octanol–water partition coefficient (Wildman–Crippen LogP) is 2.70. The molecule has 0 radical (unpaired) electrons. The van der Waals surface area contributed by atoms with Crippen LogP contribution in [0.2, 0.25) is 5.02 Å². The lowest BCUT2D eigenvalue weighted by molar-refractivity contribution is 0.0971. The highest BCUT2D eigenvalue weighted by Crippen LogP contribution is 2.30. The Morgan fingerprint density at radius 1 is 1.19 bits per heavy atom. The summed E-state index contributed by atoms with van der Waals surface area (Å²) in [6.07, 6.45) is 2.46. The lowest BCUT2D eigenvalue weighted by Gasteiger charge is -2.19. The van der Waals surface area contributed by atoms with Crippen molar-refractivity contribution in [3.8, 4) is 5.75 Å². The van der Waals surface area contributed by atoms with E-state index in [-0.39, 0.29) is 5.78 Å². The van der Waals surface area contributed by atoms with Gasteiger partial charge in [0.1, 0.15) is 20.2 Å². The Kier molecular flexibility index (Phi) is 4.02. The molecule has 0 spiro atoms. The molecule has 1 aliphatic carbocycles. The summed E-state index contributed by atoms with van der Waals surface area (Å²) in [6, 6.07) is 11.5. The molecule has 4 heteroatoms. The van der Waals surface area contributed by atoms with Gasteiger partial charge in [0, 0.05) is 22.6 Å². The van der Waals surface area contributed by atoms with Crippen molar-refractivity contribution in [3.05, 3.63) is 58.1 Å². The molecule has 106 valence electrons. The van der Waals surface area contributed by atoms with Crippen LogP contribution in [0.5, 0.6) is 5.75 Å². The zero-order valence-corrected chi connectivity index (χ0v) is 12.7. The number of Topliss-reactive ketones (excluding diaryl/α,β-unsaturated/α-hetero) is 1. The van der Waals surface area contributed by atoms with Gasteiger partial charge >= 0.3 is 0 Å². The summed E-state index contributed by atoms with van der Waals surface area (Å²) in [6.45, 7) is 0.469. The molecule has 2 aromatic carbocycles. The van der Waals surface area contributed by atoms with E-state index >= 15 is 0 Å². The van der Waals surface area contributed by atoms with Crippen LogP contribution in [0.4, 0.5) is 0 Å². The molecule has 0 atom stereocenters. The number of ether oxygens (including phenoxy) is 1. The molecule has 1 aliphatic rings. The molecule has 0 unspecified atom stereocenters. The van der Waals surface area contributed by atoms with E-state index in [4.69, 9.17) is 16.3 Å². The first kappa shape index (κ1) is 14.2. The fraction of sp³-hybridized carbons (Fsp3) is 0.235. The fourth-order valence-corrected chi connectivity index (χ4v) is 2.93. The molecular formula is C17H16BClO2. The van der Waals surface area contributed by atoms with E-state index in [2.05, 4.69) is 0 Å². The number of carbonyl (C=O) groups is 1. The number of carbonyl (C=O) groups excluding carboxylic acids is 1. The van der Waals surface area contributed by atoms with E-state index in [9.17, 15) is 4.79 Å². The highest BCUT2D eigenvalue weighted by molar-refractivity contribution is 6.35. The molecule has 21 heavy (non-hydrogen) atoms. The number of fused-ring (bicyclic) bond motifs is 1. The summed E-state index contributed by atoms with van der Waals surface area (Å²) in [4.78, 5) is 11.9. The monoisotopic (exact) mass is 298 g/mol. The molecule has 0 amide bonds. The molecule has 0 bridgehead atoms. The average Bonchev–Trinajstić information content (AvgIpc) is 2.49. The second-order valence-corrected chi connectivity index (χ2v) is 5.85. The number of benzene rings is 2. The Balaban J connectivity index is 1.84. The van der Waals surface area contributed by atoms with Gasteiger partial charge in [0.2, 0.25) is 0 Å². The van der Waals surface area contributed by atoms with Crippen LogP contribution in [0.3, 0.4) is 0 Å². The maximum absolute atomic E-state index is 11.9. The molecule has 2 nitrogen and oxygen atoms in total. The van der Waals surface area contributed by atoms with Gasteiger partial charge in [0.05, 0.1) is 0 Å². The van der Waals surface area contributed by atoms with Crippen molar-refractivity contribution in [3.63, 3.8) is 0 Å². The third kappa shape index (κ3) is 2.98. The first-order valence-electron chi connectivity index (χ1n) is 7.18. The minimum absolute atomic E-state index is 0.223. The molecule has 3 rings (SSSR count). The Morgan fingerprint density at radius 2 is 2.05 bits per heavy atom. The summed E-state index contributed by atoms with van der Waals surface area (Å²) in [5.74, 6) is 1.04. The fourth-order valence-electron chi connectivity index (χ4n) is 2.73. The quantitative estimate of drug-likeness (QED) is 0.815. The summed E-state index contributed by atoms with van der Waals surface area (Å²) < 4.78 is 5.96. The minimum atomic E-state index is 0.223. The Hall–Kier alpha value is -1.74. The molecule has 0 fully saturated rings. The number of rotatable bonds is 3. The third-order valence-electron chi connectivity index (χ3n) is 3.96. The molecule has 0 heterocycles. The van der Waals surface area contributed by atoms with Gasteiger partial charge in [-0.25, -0.2) is 0 Å². The first-order chi connectivity index (χ1) is 10.1. The molecule has 0 aromatic heterocycles. The van der Waals surface area contributed by atoms with E-state index in [0.717, 1.165) is 40.7 Å². The zero-order chi connectivity index (χ0) is 14.8. The van der Waals surface area contributed by atoms with Crippen LogP contribution in [0.1, 0.15) is 34.3 Å². The molecule has 0 saturated heterocycles. The number of halogens is 1. The Labute approximate surface area is 130 Å². The van der Waals surface area contributed by atoms with Crippen LogP contribution in [0.25, 0.3) is 0 Å². The number of hydrogen-bond acceptors (Lipinski definition) is 2. The van der Waals surface area contributed by atoms with Crippen molar-refractivity contribution in [1.82, 2.24) is 0 Å². The largest absolute Gasteiger partial charge is 0.489 e. The maximum atomic E-state index is 11.9. The van der Waals surface area contributed by atoms with Crippen LogP contribution >= 0.6 is 11.6 Å². The van der Waals surface area contributed by atoms with Crippen LogP contribution in [0, 0.1) is 0 Å². The van der Waals surface area contributed by atoms with Crippen molar-refractivity contribution in [2.75, 3.05) is 0 Å². The topological polar surface area (TPSA) is 26.3 Å². The smallest absolute Gasteiger partial charge is 0.163 e. The van der Waals surface area contributed by atoms with Crippen LogP contribution in [-0.4, -0.2) is 13.6 Å². The number of ketones is 1. The molecular weight excluding hydrogens is 282 g/mol.